The third-order valence-corrected chi connectivity index (χ3v) is 4.47. The molecule has 1 aliphatic heterocycles. The van der Waals surface area contributed by atoms with Crippen molar-refractivity contribution < 1.29 is 4.21 Å². The highest BCUT2D eigenvalue weighted by atomic mass is 35.5. The van der Waals surface area contributed by atoms with E-state index in [1.165, 1.54) is 0 Å². The van der Waals surface area contributed by atoms with Gasteiger partial charge in [0.1, 0.15) is 5.15 Å². The van der Waals surface area contributed by atoms with Crippen molar-refractivity contribution in [2.24, 2.45) is 0 Å². The minimum atomic E-state index is -0.799. The standard InChI is InChI=1S/C10H13ClN2OS/c11-10-2-1-8(5-13-10)7-15(14)9-3-4-12-6-9/h1-2,5,9,12H,3-4,6-7H2/t9-,15-/m1/s1. The predicted octanol–water partition coefficient (Wildman–Crippen LogP) is 1.35. The van der Waals surface area contributed by atoms with E-state index in [4.69, 9.17) is 11.6 Å². The summed E-state index contributed by atoms with van der Waals surface area (Å²) in [5.41, 5.74) is 0.990. The lowest BCUT2D eigenvalue weighted by Crippen LogP contribution is -2.19. The van der Waals surface area contributed by atoms with Crippen LogP contribution in [0, 0.1) is 0 Å². The van der Waals surface area contributed by atoms with Crippen molar-refractivity contribution in [2.75, 3.05) is 13.1 Å². The second-order valence-corrected chi connectivity index (χ2v) is 5.73. The number of hydrogen-bond donors (Lipinski definition) is 1. The number of pyridine rings is 1. The van der Waals surface area contributed by atoms with Crippen LogP contribution in [0.25, 0.3) is 0 Å². The first kappa shape index (κ1) is 11.0. The fourth-order valence-corrected chi connectivity index (χ4v) is 3.16. The normalized spacial score (nSPS) is 22.9. The molecule has 5 heteroatoms. The Balaban J connectivity index is 1.96. The third-order valence-electron chi connectivity index (χ3n) is 2.48. The Kier molecular flexibility index (Phi) is 3.72. The summed E-state index contributed by atoms with van der Waals surface area (Å²) in [6, 6.07) is 3.62. The van der Waals surface area contributed by atoms with Gasteiger partial charge in [-0.15, -0.1) is 0 Å². The first-order valence-corrected chi connectivity index (χ1v) is 6.70. The minimum Gasteiger partial charge on any atom is -0.315 e. The van der Waals surface area contributed by atoms with Crippen LogP contribution in [0.15, 0.2) is 18.3 Å². The van der Waals surface area contributed by atoms with E-state index in [9.17, 15) is 4.21 Å². The van der Waals surface area contributed by atoms with E-state index in [0.29, 0.717) is 16.2 Å². The van der Waals surface area contributed by atoms with Crippen LogP contribution in [0.3, 0.4) is 0 Å². The summed E-state index contributed by atoms with van der Waals surface area (Å²) in [7, 11) is -0.799. The van der Waals surface area contributed by atoms with Gasteiger partial charge in [0, 0.05) is 28.8 Å². The SMILES string of the molecule is O=[S@](Cc1ccc(Cl)nc1)[C@@H]1CCNC1. The lowest BCUT2D eigenvalue weighted by Gasteiger charge is -2.07. The van der Waals surface area contributed by atoms with Crippen molar-refractivity contribution in [3.63, 3.8) is 0 Å². The van der Waals surface area contributed by atoms with Gasteiger partial charge in [0.15, 0.2) is 0 Å². The molecular formula is C10H13ClN2OS. The molecule has 15 heavy (non-hydrogen) atoms. The summed E-state index contributed by atoms with van der Waals surface area (Å²) in [4.78, 5) is 3.97. The Bertz CT molecular complexity index is 349. The Morgan fingerprint density at radius 3 is 3.07 bits per heavy atom. The summed E-state index contributed by atoms with van der Waals surface area (Å²) in [5.74, 6) is 0.580. The lowest BCUT2D eigenvalue weighted by molar-refractivity contribution is 0.672. The zero-order valence-electron chi connectivity index (χ0n) is 8.28. The van der Waals surface area contributed by atoms with Crippen LogP contribution >= 0.6 is 11.6 Å². The summed E-state index contributed by atoms with van der Waals surface area (Å²) in [6.45, 7) is 1.85. The third kappa shape index (κ3) is 3.00. The molecule has 2 rings (SSSR count). The van der Waals surface area contributed by atoms with Crippen LogP contribution in [0.1, 0.15) is 12.0 Å². The molecule has 2 atom stereocenters. The van der Waals surface area contributed by atoms with E-state index in [1.54, 1.807) is 12.3 Å². The fourth-order valence-electron chi connectivity index (χ4n) is 1.63. The molecule has 1 aliphatic rings. The number of aromatic nitrogens is 1. The largest absolute Gasteiger partial charge is 0.315 e. The topological polar surface area (TPSA) is 42.0 Å². The molecule has 0 saturated carbocycles. The quantitative estimate of drug-likeness (QED) is 0.817. The highest BCUT2D eigenvalue weighted by molar-refractivity contribution is 7.84. The van der Waals surface area contributed by atoms with E-state index >= 15 is 0 Å². The Labute approximate surface area is 96.7 Å². The zero-order chi connectivity index (χ0) is 10.7. The molecule has 0 amide bonds. The molecule has 2 heterocycles. The van der Waals surface area contributed by atoms with Crippen molar-refractivity contribution in [3.8, 4) is 0 Å². The van der Waals surface area contributed by atoms with E-state index in [2.05, 4.69) is 10.3 Å². The predicted molar refractivity (Wildman–Crippen MR) is 62.4 cm³/mol. The molecule has 1 fully saturated rings. The molecule has 1 aromatic heterocycles. The van der Waals surface area contributed by atoms with Crippen molar-refractivity contribution >= 4 is 22.4 Å². The summed E-state index contributed by atoms with van der Waals surface area (Å²) in [5, 5.41) is 3.99. The van der Waals surface area contributed by atoms with Gasteiger partial charge in [0.25, 0.3) is 0 Å². The van der Waals surface area contributed by atoms with Gasteiger partial charge in [-0.05, 0) is 24.6 Å². The number of nitrogens with one attached hydrogen (secondary N) is 1. The maximum Gasteiger partial charge on any atom is 0.129 e. The molecule has 82 valence electrons. The number of halogens is 1. The maximum atomic E-state index is 11.9. The molecule has 0 aliphatic carbocycles. The van der Waals surface area contributed by atoms with Gasteiger partial charge >= 0.3 is 0 Å². The monoisotopic (exact) mass is 244 g/mol. The van der Waals surface area contributed by atoms with Gasteiger partial charge in [-0.25, -0.2) is 4.98 Å². The molecule has 1 saturated heterocycles. The molecule has 1 aromatic rings. The molecule has 0 bridgehead atoms. The lowest BCUT2D eigenvalue weighted by atomic mass is 10.3. The fraction of sp³-hybridized carbons (Fsp3) is 0.500. The van der Waals surface area contributed by atoms with Crippen molar-refractivity contribution in [1.82, 2.24) is 10.3 Å². The van der Waals surface area contributed by atoms with E-state index in [1.807, 2.05) is 6.07 Å². The minimum absolute atomic E-state index is 0.292. The number of hydrogen-bond acceptors (Lipinski definition) is 3. The van der Waals surface area contributed by atoms with Gasteiger partial charge in [-0.1, -0.05) is 17.7 Å². The second-order valence-electron chi connectivity index (χ2n) is 3.63. The smallest absolute Gasteiger partial charge is 0.129 e. The zero-order valence-corrected chi connectivity index (χ0v) is 9.85. The van der Waals surface area contributed by atoms with Crippen LogP contribution in [-0.4, -0.2) is 27.5 Å². The van der Waals surface area contributed by atoms with Crippen LogP contribution in [0.2, 0.25) is 5.15 Å². The van der Waals surface area contributed by atoms with Gasteiger partial charge in [0.05, 0.1) is 5.75 Å². The van der Waals surface area contributed by atoms with Gasteiger partial charge < -0.3 is 5.32 Å². The maximum absolute atomic E-state index is 11.9. The highest BCUT2D eigenvalue weighted by Crippen LogP contribution is 2.13. The average Bonchev–Trinajstić information content (AvgIpc) is 2.74. The molecule has 0 aromatic carbocycles. The summed E-state index contributed by atoms with van der Waals surface area (Å²) >= 11 is 5.68. The molecule has 0 radical (unpaired) electrons. The summed E-state index contributed by atoms with van der Waals surface area (Å²) < 4.78 is 11.9. The molecule has 1 N–H and O–H groups in total. The number of rotatable bonds is 3. The van der Waals surface area contributed by atoms with Gasteiger partial charge in [0.2, 0.25) is 0 Å². The highest BCUT2D eigenvalue weighted by Gasteiger charge is 2.20. The molecule has 0 unspecified atom stereocenters. The van der Waals surface area contributed by atoms with Crippen LogP contribution < -0.4 is 5.32 Å². The van der Waals surface area contributed by atoms with E-state index in [-0.39, 0.29) is 0 Å². The average molecular weight is 245 g/mol. The van der Waals surface area contributed by atoms with Crippen LogP contribution in [0.4, 0.5) is 0 Å². The Hall–Kier alpha value is -0.450. The molecule has 0 spiro atoms. The Morgan fingerprint density at radius 1 is 1.60 bits per heavy atom. The van der Waals surface area contributed by atoms with Crippen LogP contribution in [-0.2, 0) is 16.6 Å². The Morgan fingerprint density at radius 2 is 2.47 bits per heavy atom. The summed E-state index contributed by atoms with van der Waals surface area (Å²) in [6.07, 6.45) is 2.70. The van der Waals surface area contributed by atoms with Gasteiger partial charge in [-0.3, -0.25) is 4.21 Å². The van der Waals surface area contributed by atoms with E-state index < -0.39 is 10.8 Å². The molecule has 3 nitrogen and oxygen atoms in total. The van der Waals surface area contributed by atoms with Crippen LogP contribution in [0.5, 0.6) is 0 Å². The van der Waals surface area contributed by atoms with Crippen molar-refractivity contribution in [2.45, 2.75) is 17.4 Å². The van der Waals surface area contributed by atoms with Crippen molar-refractivity contribution in [1.29, 1.82) is 0 Å². The number of nitrogens with zero attached hydrogens (tertiary/aromatic N) is 1. The van der Waals surface area contributed by atoms with Crippen molar-refractivity contribution in [3.05, 3.63) is 29.0 Å². The van der Waals surface area contributed by atoms with E-state index in [0.717, 1.165) is 25.1 Å². The van der Waals surface area contributed by atoms with Gasteiger partial charge in [-0.2, -0.15) is 0 Å². The first-order chi connectivity index (χ1) is 7.25. The first-order valence-electron chi connectivity index (χ1n) is 4.94. The molecular weight excluding hydrogens is 232 g/mol. The second kappa shape index (κ2) is 5.05.